The summed E-state index contributed by atoms with van der Waals surface area (Å²) < 4.78 is 5.56. The van der Waals surface area contributed by atoms with Gasteiger partial charge in [0.15, 0.2) is 0 Å². The summed E-state index contributed by atoms with van der Waals surface area (Å²) in [5.74, 6) is -0.741. The summed E-state index contributed by atoms with van der Waals surface area (Å²) >= 11 is 6.53. The van der Waals surface area contributed by atoms with E-state index in [9.17, 15) is 14.4 Å². The van der Waals surface area contributed by atoms with E-state index in [1.807, 2.05) is 81.4 Å². The van der Waals surface area contributed by atoms with Gasteiger partial charge in [0, 0.05) is 13.0 Å². The molecular weight excluding hydrogens is 586 g/mol. The lowest BCUT2D eigenvalue weighted by Gasteiger charge is -2.35. The SMILES string of the molecule is CCCCCCN(C(=O)C(Cc1ccccc1)NC(=O)OC(C)(C)C)C(C(=O)Nc1c(C)cccc1Cl)c1ccc(C)cc1C. The number of halogens is 1. The van der Waals surface area contributed by atoms with Crippen LogP contribution >= 0.6 is 11.6 Å². The van der Waals surface area contributed by atoms with Gasteiger partial charge in [0.05, 0.1) is 10.7 Å². The number of ether oxygens (including phenoxy) is 1. The number of hydrogen-bond acceptors (Lipinski definition) is 4. The van der Waals surface area contributed by atoms with Crippen LogP contribution in [0.2, 0.25) is 5.02 Å². The van der Waals surface area contributed by atoms with Gasteiger partial charge in [0.1, 0.15) is 17.7 Å². The molecule has 7 nitrogen and oxygen atoms in total. The van der Waals surface area contributed by atoms with Gasteiger partial charge >= 0.3 is 6.09 Å². The van der Waals surface area contributed by atoms with E-state index >= 15 is 0 Å². The van der Waals surface area contributed by atoms with Crippen molar-refractivity contribution in [2.75, 3.05) is 11.9 Å². The first-order valence-electron chi connectivity index (χ1n) is 15.8. The third-order valence-electron chi connectivity index (χ3n) is 7.56. The third-order valence-corrected chi connectivity index (χ3v) is 7.87. The Labute approximate surface area is 273 Å². The number of nitrogens with zero attached hydrogens (tertiary/aromatic N) is 1. The summed E-state index contributed by atoms with van der Waals surface area (Å²) in [4.78, 5) is 43.8. The molecular formula is C37H48ClN3O4. The number of amides is 3. The maximum Gasteiger partial charge on any atom is 0.408 e. The molecule has 2 atom stereocenters. The largest absolute Gasteiger partial charge is 0.444 e. The van der Waals surface area contributed by atoms with Crippen LogP contribution in [0.15, 0.2) is 66.7 Å². The van der Waals surface area contributed by atoms with Crippen LogP contribution in [0.1, 0.15) is 87.2 Å². The Balaban J connectivity index is 2.13. The minimum Gasteiger partial charge on any atom is -0.444 e. The summed E-state index contributed by atoms with van der Waals surface area (Å²) in [7, 11) is 0. The topological polar surface area (TPSA) is 87.7 Å². The van der Waals surface area contributed by atoms with E-state index in [2.05, 4.69) is 17.6 Å². The van der Waals surface area contributed by atoms with E-state index in [-0.39, 0.29) is 18.2 Å². The van der Waals surface area contributed by atoms with Crippen molar-refractivity contribution in [1.29, 1.82) is 0 Å². The maximum atomic E-state index is 14.7. The van der Waals surface area contributed by atoms with Crippen molar-refractivity contribution >= 4 is 35.2 Å². The number of carbonyl (C=O) groups is 3. The fourth-order valence-electron chi connectivity index (χ4n) is 5.34. The van der Waals surface area contributed by atoms with E-state index in [0.29, 0.717) is 29.2 Å². The molecule has 0 spiro atoms. The Bertz CT molecular complexity index is 1430. The lowest BCUT2D eigenvalue weighted by atomic mass is 9.95. The minimum atomic E-state index is -0.978. The molecule has 0 saturated carbocycles. The molecule has 2 unspecified atom stereocenters. The normalized spacial score (nSPS) is 12.6. The van der Waals surface area contributed by atoms with Crippen LogP contribution < -0.4 is 10.6 Å². The maximum absolute atomic E-state index is 14.7. The lowest BCUT2D eigenvalue weighted by Crippen LogP contribution is -2.53. The molecule has 0 aliphatic rings. The molecule has 0 aliphatic carbocycles. The van der Waals surface area contributed by atoms with E-state index in [1.165, 1.54) is 0 Å². The number of benzene rings is 3. The van der Waals surface area contributed by atoms with Crippen LogP contribution in [0, 0.1) is 20.8 Å². The molecule has 0 aliphatic heterocycles. The second kappa shape index (κ2) is 16.5. The Hall–Kier alpha value is -3.84. The first-order valence-corrected chi connectivity index (χ1v) is 16.2. The van der Waals surface area contributed by atoms with Gasteiger partial charge in [-0.1, -0.05) is 104 Å². The van der Waals surface area contributed by atoms with E-state index < -0.39 is 23.8 Å². The highest BCUT2D eigenvalue weighted by Gasteiger charge is 2.37. The second-order valence-electron chi connectivity index (χ2n) is 12.7. The van der Waals surface area contributed by atoms with Gasteiger partial charge in [-0.15, -0.1) is 0 Å². The van der Waals surface area contributed by atoms with Gasteiger partial charge in [-0.25, -0.2) is 4.79 Å². The van der Waals surface area contributed by atoms with Gasteiger partial charge in [-0.2, -0.15) is 0 Å². The molecule has 0 saturated heterocycles. The second-order valence-corrected chi connectivity index (χ2v) is 13.1. The van der Waals surface area contributed by atoms with Gasteiger partial charge in [-0.3, -0.25) is 9.59 Å². The molecule has 3 amide bonds. The summed E-state index contributed by atoms with van der Waals surface area (Å²) in [6.07, 6.45) is 3.16. The molecule has 0 fully saturated rings. The number of alkyl carbamates (subject to hydrolysis) is 1. The average molecular weight is 634 g/mol. The monoisotopic (exact) mass is 633 g/mol. The molecule has 0 bridgehead atoms. The van der Waals surface area contributed by atoms with Gasteiger partial charge < -0.3 is 20.3 Å². The van der Waals surface area contributed by atoms with Crippen molar-refractivity contribution in [3.63, 3.8) is 0 Å². The molecule has 0 aromatic heterocycles. The summed E-state index contributed by atoms with van der Waals surface area (Å²) in [5.41, 5.74) is 4.08. The van der Waals surface area contributed by atoms with Crippen molar-refractivity contribution in [2.24, 2.45) is 0 Å². The number of carbonyl (C=O) groups excluding carboxylic acids is 3. The molecule has 3 rings (SSSR count). The fourth-order valence-corrected chi connectivity index (χ4v) is 5.61. The standard InChI is InChI=1S/C37H48ClN3O4/c1-8-9-10-14-22-41(35(43)31(24-28-17-12-11-13-18-28)39-36(44)45-37(5,6)7)33(29-21-20-25(2)23-27(29)4)34(42)40-32-26(3)16-15-19-30(32)38/h11-13,15-21,23,31,33H,8-10,14,22,24H2,1-7H3,(H,39,44)(H,40,42). The Morgan fingerprint density at radius 2 is 1.60 bits per heavy atom. The smallest absolute Gasteiger partial charge is 0.408 e. The fraction of sp³-hybridized carbons (Fsp3) is 0.432. The van der Waals surface area contributed by atoms with E-state index in [4.69, 9.17) is 16.3 Å². The summed E-state index contributed by atoms with van der Waals surface area (Å²) in [6.45, 7) is 13.6. The predicted molar refractivity (Wildman–Crippen MR) is 183 cm³/mol. The highest BCUT2D eigenvalue weighted by molar-refractivity contribution is 6.34. The van der Waals surface area contributed by atoms with Gasteiger partial charge in [0.25, 0.3) is 5.91 Å². The van der Waals surface area contributed by atoms with E-state index in [1.54, 1.807) is 31.7 Å². The zero-order valence-corrected chi connectivity index (χ0v) is 28.5. The molecule has 8 heteroatoms. The van der Waals surface area contributed by atoms with Crippen LogP contribution in [0.5, 0.6) is 0 Å². The zero-order chi connectivity index (χ0) is 33.1. The number of unbranched alkanes of at least 4 members (excludes halogenated alkanes) is 3. The number of hydrogen-bond donors (Lipinski definition) is 2. The van der Waals surface area contributed by atoms with Crippen LogP contribution in [-0.4, -0.2) is 41.0 Å². The predicted octanol–water partition coefficient (Wildman–Crippen LogP) is 8.49. The highest BCUT2D eigenvalue weighted by atomic mass is 35.5. The quantitative estimate of drug-likeness (QED) is 0.185. The average Bonchev–Trinajstić information content (AvgIpc) is 2.96. The van der Waals surface area contributed by atoms with Crippen molar-refractivity contribution in [3.05, 3.63) is 99.6 Å². The van der Waals surface area contributed by atoms with Crippen molar-refractivity contribution < 1.29 is 19.1 Å². The van der Waals surface area contributed by atoms with Crippen LogP contribution in [0.4, 0.5) is 10.5 Å². The van der Waals surface area contributed by atoms with Crippen molar-refractivity contribution in [1.82, 2.24) is 10.2 Å². The minimum absolute atomic E-state index is 0.231. The highest BCUT2D eigenvalue weighted by Crippen LogP contribution is 2.31. The molecule has 45 heavy (non-hydrogen) atoms. The summed E-state index contributed by atoms with van der Waals surface area (Å²) in [5, 5.41) is 6.29. The number of rotatable bonds is 13. The molecule has 2 N–H and O–H groups in total. The van der Waals surface area contributed by atoms with Gasteiger partial charge in [0.2, 0.25) is 5.91 Å². The van der Waals surface area contributed by atoms with Crippen LogP contribution in [-0.2, 0) is 20.7 Å². The molecule has 0 radical (unpaired) electrons. The number of para-hydroxylation sites is 1. The number of nitrogens with one attached hydrogen (secondary N) is 2. The van der Waals surface area contributed by atoms with Gasteiger partial charge in [-0.05, 0) is 76.3 Å². The molecule has 3 aromatic carbocycles. The molecule has 3 aromatic rings. The lowest BCUT2D eigenvalue weighted by molar-refractivity contribution is -0.140. The zero-order valence-electron chi connectivity index (χ0n) is 27.7. The molecule has 0 heterocycles. The van der Waals surface area contributed by atoms with Crippen molar-refractivity contribution in [2.45, 2.75) is 98.3 Å². The molecule has 242 valence electrons. The number of aryl methyl sites for hydroxylation is 3. The summed E-state index contributed by atoms with van der Waals surface area (Å²) in [6, 6.07) is 18.9. The Morgan fingerprint density at radius 3 is 2.22 bits per heavy atom. The third kappa shape index (κ3) is 10.6. The van der Waals surface area contributed by atoms with Crippen LogP contribution in [0.3, 0.4) is 0 Å². The Kier molecular flexibility index (Phi) is 13.0. The first-order chi connectivity index (χ1) is 21.3. The number of anilines is 1. The first kappa shape index (κ1) is 35.6. The Morgan fingerprint density at radius 1 is 0.889 bits per heavy atom. The van der Waals surface area contributed by atoms with Crippen molar-refractivity contribution in [3.8, 4) is 0 Å². The van der Waals surface area contributed by atoms with Crippen LogP contribution in [0.25, 0.3) is 0 Å². The van der Waals surface area contributed by atoms with E-state index in [0.717, 1.165) is 41.5 Å².